The lowest BCUT2D eigenvalue weighted by atomic mass is 9.86. The molecule has 3 fully saturated rings. The van der Waals surface area contributed by atoms with E-state index in [4.69, 9.17) is 0 Å². The molecule has 0 aromatic heterocycles. The summed E-state index contributed by atoms with van der Waals surface area (Å²) in [5.74, 6) is 2.72. The van der Waals surface area contributed by atoms with E-state index in [2.05, 4.69) is 22.4 Å². The molecule has 102 valence electrons. The molecule has 2 saturated carbocycles. The maximum atomic E-state index is 12.1. The Bertz CT molecular complexity index is 312. The molecule has 0 unspecified atom stereocenters. The summed E-state index contributed by atoms with van der Waals surface area (Å²) in [5, 5.41) is 2.09. The highest BCUT2D eigenvalue weighted by Crippen LogP contribution is 2.49. The molecule has 1 N–H and O–H groups in total. The summed E-state index contributed by atoms with van der Waals surface area (Å²) in [6, 6.07) is 0. The Balaban J connectivity index is 1.42. The summed E-state index contributed by atoms with van der Waals surface area (Å²) in [5.41, 5.74) is 3.09. The van der Waals surface area contributed by atoms with E-state index in [1.54, 1.807) is 0 Å². The maximum absolute atomic E-state index is 12.1. The average molecular weight is 251 g/mol. The zero-order valence-corrected chi connectivity index (χ0v) is 11.4. The minimum absolute atomic E-state index is 0.247. The fourth-order valence-electron chi connectivity index (χ4n) is 4.00. The lowest BCUT2D eigenvalue weighted by molar-refractivity contribution is -0.128. The van der Waals surface area contributed by atoms with Crippen LogP contribution in [-0.2, 0) is 4.79 Å². The molecule has 0 spiro atoms. The smallest absolute Gasteiger partial charge is 0.234 e. The molecule has 1 amide bonds. The summed E-state index contributed by atoms with van der Waals surface area (Å²) in [7, 11) is 2.13. The van der Waals surface area contributed by atoms with E-state index in [0.717, 1.165) is 44.4 Å². The minimum Gasteiger partial charge on any atom is -0.304 e. The molecule has 4 heteroatoms. The van der Waals surface area contributed by atoms with Crippen LogP contribution in [0.15, 0.2) is 0 Å². The molecule has 1 aliphatic heterocycles. The molecule has 2 bridgehead atoms. The Labute approximate surface area is 110 Å². The molecule has 2 aliphatic carbocycles. The first-order chi connectivity index (χ1) is 8.70. The van der Waals surface area contributed by atoms with Crippen LogP contribution in [0.5, 0.6) is 0 Å². The van der Waals surface area contributed by atoms with Crippen molar-refractivity contribution in [3.63, 3.8) is 0 Å². The van der Waals surface area contributed by atoms with Crippen molar-refractivity contribution >= 4 is 5.91 Å². The first-order valence-electron chi connectivity index (χ1n) is 7.43. The molecule has 3 atom stereocenters. The molecular weight excluding hydrogens is 226 g/mol. The van der Waals surface area contributed by atoms with Crippen molar-refractivity contribution in [1.82, 2.24) is 15.3 Å². The van der Waals surface area contributed by atoms with E-state index >= 15 is 0 Å². The van der Waals surface area contributed by atoms with Crippen molar-refractivity contribution in [1.29, 1.82) is 0 Å². The molecule has 0 aromatic carbocycles. The summed E-state index contributed by atoms with van der Waals surface area (Å²) in [6.07, 6.45) is 6.25. The van der Waals surface area contributed by atoms with Crippen LogP contribution in [0, 0.1) is 17.8 Å². The molecule has 3 rings (SSSR count). The third-order valence-corrected chi connectivity index (χ3v) is 5.12. The molecule has 3 aliphatic rings. The molecule has 4 nitrogen and oxygen atoms in total. The number of nitrogens with one attached hydrogen (secondary N) is 1. The summed E-state index contributed by atoms with van der Waals surface area (Å²) in [6.45, 7) is 4.01. The monoisotopic (exact) mass is 251 g/mol. The summed E-state index contributed by atoms with van der Waals surface area (Å²) >= 11 is 0. The van der Waals surface area contributed by atoms with Gasteiger partial charge in [0.15, 0.2) is 0 Å². The average Bonchev–Trinajstić information content (AvgIpc) is 2.94. The van der Waals surface area contributed by atoms with E-state index in [1.807, 2.05) is 0 Å². The molecule has 0 aromatic rings. The quantitative estimate of drug-likeness (QED) is 0.815. The third-order valence-electron chi connectivity index (χ3n) is 5.12. The molecule has 1 saturated heterocycles. The highest BCUT2D eigenvalue weighted by molar-refractivity contribution is 5.75. The van der Waals surface area contributed by atoms with Gasteiger partial charge in [-0.15, -0.1) is 0 Å². The molecule has 1 heterocycles. The number of carbonyl (C=O) groups is 1. The van der Waals surface area contributed by atoms with Gasteiger partial charge in [-0.05, 0) is 44.1 Å². The number of fused-ring (bicyclic) bond motifs is 2. The van der Waals surface area contributed by atoms with Gasteiger partial charge in [0.25, 0.3) is 0 Å². The van der Waals surface area contributed by atoms with Crippen LogP contribution in [0.1, 0.15) is 32.1 Å². The van der Waals surface area contributed by atoms with Crippen LogP contribution in [0.3, 0.4) is 0 Å². The highest BCUT2D eigenvalue weighted by Gasteiger charge is 2.40. The minimum atomic E-state index is 0.247. The van der Waals surface area contributed by atoms with E-state index < -0.39 is 0 Å². The zero-order valence-electron chi connectivity index (χ0n) is 11.4. The van der Waals surface area contributed by atoms with Gasteiger partial charge < -0.3 is 4.90 Å². The van der Waals surface area contributed by atoms with Crippen LogP contribution >= 0.6 is 0 Å². The van der Waals surface area contributed by atoms with Crippen LogP contribution in [0.4, 0.5) is 0 Å². The Morgan fingerprint density at radius 1 is 1.17 bits per heavy atom. The first-order valence-corrected chi connectivity index (χ1v) is 7.43. The van der Waals surface area contributed by atoms with Gasteiger partial charge in [-0.2, -0.15) is 0 Å². The number of hydrazine groups is 1. The predicted octanol–water partition coefficient (Wildman–Crippen LogP) is 1.09. The number of hydrogen-bond donors (Lipinski definition) is 1. The Morgan fingerprint density at radius 2 is 1.94 bits per heavy atom. The molecule has 18 heavy (non-hydrogen) atoms. The fourth-order valence-corrected chi connectivity index (χ4v) is 4.00. The second-order valence-electron chi connectivity index (χ2n) is 6.46. The summed E-state index contributed by atoms with van der Waals surface area (Å²) < 4.78 is 0. The first kappa shape index (κ1) is 12.4. The largest absolute Gasteiger partial charge is 0.304 e. The molecule has 0 radical (unpaired) electrons. The van der Waals surface area contributed by atoms with Crippen LogP contribution in [0.25, 0.3) is 0 Å². The van der Waals surface area contributed by atoms with Gasteiger partial charge in [-0.1, -0.05) is 6.42 Å². The van der Waals surface area contributed by atoms with E-state index in [1.165, 1.54) is 25.7 Å². The van der Waals surface area contributed by atoms with Gasteiger partial charge in [0.2, 0.25) is 5.91 Å². The van der Waals surface area contributed by atoms with Crippen molar-refractivity contribution in [2.45, 2.75) is 32.1 Å². The van der Waals surface area contributed by atoms with Crippen molar-refractivity contribution < 1.29 is 4.79 Å². The van der Waals surface area contributed by atoms with Crippen molar-refractivity contribution in [2.75, 3.05) is 33.2 Å². The standard InChI is InChI=1S/C14H25N3O/c1-16-4-6-17(7-5-16)15-14(18)10-13-9-11-2-3-12(13)8-11/h11-13H,2-10H2,1H3,(H,15,18)/t11-,12+,13-/m0/s1. The number of hydrogen-bond acceptors (Lipinski definition) is 3. The number of amides is 1. The van der Waals surface area contributed by atoms with E-state index in [9.17, 15) is 4.79 Å². The number of nitrogens with zero attached hydrogens (tertiary/aromatic N) is 2. The van der Waals surface area contributed by atoms with Crippen LogP contribution in [-0.4, -0.2) is 49.0 Å². The van der Waals surface area contributed by atoms with Gasteiger partial charge in [-0.25, -0.2) is 5.01 Å². The topological polar surface area (TPSA) is 35.6 Å². The second-order valence-corrected chi connectivity index (χ2v) is 6.46. The maximum Gasteiger partial charge on any atom is 0.234 e. The van der Waals surface area contributed by atoms with Gasteiger partial charge in [0.05, 0.1) is 0 Å². The van der Waals surface area contributed by atoms with Crippen LogP contribution in [0.2, 0.25) is 0 Å². The van der Waals surface area contributed by atoms with Gasteiger partial charge in [0.1, 0.15) is 0 Å². The zero-order chi connectivity index (χ0) is 12.5. The third kappa shape index (κ3) is 2.69. The number of carbonyl (C=O) groups excluding carboxylic acids is 1. The lowest BCUT2D eigenvalue weighted by Gasteiger charge is -2.33. The van der Waals surface area contributed by atoms with Gasteiger partial charge >= 0.3 is 0 Å². The SMILES string of the molecule is CN1CCN(NC(=O)C[C@@H]2C[C@H]3CC[C@@H]2C3)CC1. The highest BCUT2D eigenvalue weighted by atomic mass is 16.2. The van der Waals surface area contributed by atoms with Gasteiger partial charge in [0, 0.05) is 32.6 Å². The fraction of sp³-hybridized carbons (Fsp3) is 0.929. The normalized spacial score (nSPS) is 37.1. The number of piperazine rings is 1. The van der Waals surface area contributed by atoms with Gasteiger partial charge in [-0.3, -0.25) is 10.2 Å². The van der Waals surface area contributed by atoms with E-state index in [0.29, 0.717) is 5.92 Å². The number of likely N-dealkylation sites (N-methyl/N-ethyl adjacent to an activating group) is 1. The second kappa shape index (κ2) is 5.17. The Hall–Kier alpha value is -0.610. The lowest BCUT2D eigenvalue weighted by Crippen LogP contribution is -2.52. The van der Waals surface area contributed by atoms with Crippen molar-refractivity contribution in [2.24, 2.45) is 17.8 Å². The summed E-state index contributed by atoms with van der Waals surface area (Å²) in [4.78, 5) is 14.4. The Kier molecular flexibility index (Phi) is 3.57. The number of rotatable bonds is 3. The molecular formula is C14H25N3O. The van der Waals surface area contributed by atoms with Crippen molar-refractivity contribution in [3.05, 3.63) is 0 Å². The van der Waals surface area contributed by atoms with Crippen LogP contribution < -0.4 is 5.43 Å². The van der Waals surface area contributed by atoms with Crippen molar-refractivity contribution in [3.8, 4) is 0 Å². The van der Waals surface area contributed by atoms with E-state index in [-0.39, 0.29) is 5.91 Å². The predicted molar refractivity (Wildman–Crippen MR) is 70.8 cm³/mol. The Morgan fingerprint density at radius 3 is 2.56 bits per heavy atom.